The first-order valence-corrected chi connectivity index (χ1v) is 9.33. The molecule has 0 saturated heterocycles. The quantitative estimate of drug-likeness (QED) is 0.503. The molecule has 2 aromatic heterocycles. The summed E-state index contributed by atoms with van der Waals surface area (Å²) < 4.78 is 0. The monoisotopic (exact) mass is 354 g/mol. The van der Waals surface area contributed by atoms with Gasteiger partial charge in [0.25, 0.3) is 0 Å². The molecule has 2 aromatic carbocycles. The van der Waals surface area contributed by atoms with Crippen LogP contribution in [0.3, 0.4) is 0 Å². The Morgan fingerprint density at radius 2 is 1.96 bits per heavy atom. The summed E-state index contributed by atoms with van der Waals surface area (Å²) in [7, 11) is 0. The lowest BCUT2D eigenvalue weighted by Crippen LogP contribution is -1.99. The van der Waals surface area contributed by atoms with Gasteiger partial charge in [-0.25, -0.2) is 0 Å². The molecule has 0 aliphatic carbocycles. The Bertz CT molecular complexity index is 1160. The average molecular weight is 354 g/mol. The standard InChI is InChI=1S/C23H22N4/c1-15-8-10-17-18(6-4-7-21(17)26-15)23-19(5-2-3-12-24)20-13-16(14-25)9-11-22(20)27-23/h4,6-11,13,27H,2-3,5,12,24H2,1H3. The third kappa shape index (κ3) is 3.18. The van der Waals surface area contributed by atoms with Crippen LogP contribution in [0.25, 0.3) is 33.1 Å². The zero-order valence-electron chi connectivity index (χ0n) is 15.4. The van der Waals surface area contributed by atoms with Gasteiger partial charge in [0.1, 0.15) is 0 Å². The number of nitrogens with one attached hydrogen (secondary N) is 1. The average Bonchev–Trinajstić information content (AvgIpc) is 3.05. The van der Waals surface area contributed by atoms with Crippen LogP contribution >= 0.6 is 0 Å². The van der Waals surface area contributed by atoms with Crippen LogP contribution in [0.5, 0.6) is 0 Å². The Balaban J connectivity index is 1.95. The Morgan fingerprint density at radius 1 is 1.07 bits per heavy atom. The van der Waals surface area contributed by atoms with E-state index in [1.165, 1.54) is 5.56 Å². The predicted molar refractivity (Wildman–Crippen MR) is 110 cm³/mol. The molecule has 0 fully saturated rings. The molecule has 0 aliphatic rings. The number of fused-ring (bicyclic) bond motifs is 2. The summed E-state index contributed by atoms with van der Waals surface area (Å²) in [5.74, 6) is 0. The molecule has 134 valence electrons. The minimum Gasteiger partial charge on any atom is -0.354 e. The van der Waals surface area contributed by atoms with E-state index in [2.05, 4.69) is 46.4 Å². The Labute approximate surface area is 158 Å². The molecule has 27 heavy (non-hydrogen) atoms. The molecule has 0 atom stereocenters. The lowest BCUT2D eigenvalue weighted by atomic mass is 9.97. The van der Waals surface area contributed by atoms with Gasteiger partial charge in [0, 0.05) is 27.5 Å². The predicted octanol–water partition coefficient (Wildman–Crippen LogP) is 4.84. The van der Waals surface area contributed by atoms with Crippen molar-refractivity contribution in [3.8, 4) is 17.3 Å². The Hall–Kier alpha value is -3.16. The second kappa shape index (κ2) is 7.22. The highest BCUT2D eigenvalue weighted by atomic mass is 14.7. The topological polar surface area (TPSA) is 78.5 Å². The summed E-state index contributed by atoms with van der Waals surface area (Å²) in [5.41, 5.74) is 13.0. The molecule has 4 aromatic rings. The number of H-pyrrole nitrogens is 1. The number of nitrogens with zero attached hydrogens (tertiary/aromatic N) is 2. The van der Waals surface area contributed by atoms with Crippen molar-refractivity contribution in [3.63, 3.8) is 0 Å². The summed E-state index contributed by atoms with van der Waals surface area (Å²) in [5, 5.41) is 11.6. The fourth-order valence-corrected chi connectivity index (χ4v) is 3.73. The van der Waals surface area contributed by atoms with E-state index < -0.39 is 0 Å². The molecule has 0 radical (unpaired) electrons. The van der Waals surface area contributed by atoms with Gasteiger partial charge < -0.3 is 10.7 Å². The van der Waals surface area contributed by atoms with Crippen molar-refractivity contribution in [2.45, 2.75) is 26.2 Å². The number of rotatable bonds is 5. The molecule has 0 spiro atoms. The van der Waals surface area contributed by atoms with E-state index in [0.717, 1.165) is 58.0 Å². The number of nitrogens with two attached hydrogens (primary N) is 1. The van der Waals surface area contributed by atoms with Crippen LogP contribution in [-0.2, 0) is 6.42 Å². The number of benzene rings is 2. The minimum atomic E-state index is 0.684. The van der Waals surface area contributed by atoms with Crippen molar-refractivity contribution in [2.75, 3.05) is 6.54 Å². The molecule has 2 heterocycles. The maximum absolute atomic E-state index is 9.31. The number of nitriles is 1. The lowest BCUT2D eigenvalue weighted by Gasteiger charge is -2.09. The molecule has 4 nitrogen and oxygen atoms in total. The number of aryl methyl sites for hydroxylation is 2. The molecule has 0 aliphatic heterocycles. The van der Waals surface area contributed by atoms with Crippen LogP contribution in [0.2, 0.25) is 0 Å². The van der Waals surface area contributed by atoms with Crippen molar-refractivity contribution in [1.29, 1.82) is 5.26 Å². The highest BCUT2D eigenvalue weighted by molar-refractivity contribution is 5.99. The number of hydrogen-bond donors (Lipinski definition) is 2. The van der Waals surface area contributed by atoms with Gasteiger partial charge in [0.15, 0.2) is 0 Å². The third-order valence-corrected chi connectivity index (χ3v) is 5.06. The summed E-state index contributed by atoms with van der Waals surface area (Å²) in [6.45, 7) is 2.70. The van der Waals surface area contributed by atoms with E-state index in [9.17, 15) is 5.26 Å². The Morgan fingerprint density at radius 3 is 2.78 bits per heavy atom. The summed E-state index contributed by atoms with van der Waals surface area (Å²) in [6, 6.07) is 18.5. The van der Waals surface area contributed by atoms with Crippen molar-refractivity contribution < 1.29 is 0 Å². The fourth-order valence-electron chi connectivity index (χ4n) is 3.73. The normalized spacial score (nSPS) is 11.1. The van der Waals surface area contributed by atoms with Gasteiger partial charge in [-0.2, -0.15) is 5.26 Å². The first kappa shape index (κ1) is 17.3. The summed E-state index contributed by atoms with van der Waals surface area (Å²) >= 11 is 0. The maximum atomic E-state index is 9.31. The molecule has 0 saturated carbocycles. The number of hydrogen-bond acceptors (Lipinski definition) is 3. The number of pyridine rings is 1. The van der Waals surface area contributed by atoms with E-state index in [-0.39, 0.29) is 0 Å². The second-order valence-corrected chi connectivity index (χ2v) is 6.92. The van der Waals surface area contributed by atoms with Gasteiger partial charge >= 0.3 is 0 Å². The van der Waals surface area contributed by atoms with Crippen molar-refractivity contribution in [2.24, 2.45) is 5.73 Å². The highest BCUT2D eigenvalue weighted by Crippen LogP contribution is 2.35. The lowest BCUT2D eigenvalue weighted by molar-refractivity contribution is 0.748. The van der Waals surface area contributed by atoms with E-state index in [4.69, 9.17) is 5.73 Å². The van der Waals surface area contributed by atoms with Crippen LogP contribution < -0.4 is 5.73 Å². The minimum absolute atomic E-state index is 0.684. The van der Waals surface area contributed by atoms with Crippen molar-refractivity contribution >= 4 is 21.8 Å². The van der Waals surface area contributed by atoms with Crippen LogP contribution in [0, 0.1) is 18.3 Å². The molecule has 4 rings (SSSR count). The van der Waals surface area contributed by atoms with Crippen molar-refractivity contribution in [3.05, 3.63) is 65.4 Å². The van der Waals surface area contributed by atoms with Crippen LogP contribution in [0.15, 0.2) is 48.5 Å². The van der Waals surface area contributed by atoms with Gasteiger partial charge in [0.2, 0.25) is 0 Å². The van der Waals surface area contributed by atoms with E-state index in [0.29, 0.717) is 12.1 Å². The second-order valence-electron chi connectivity index (χ2n) is 6.92. The van der Waals surface area contributed by atoms with Crippen molar-refractivity contribution in [1.82, 2.24) is 9.97 Å². The summed E-state index contributed by atoms with van der Waals surface area (Å²) in [6.07, 6.45) is 2.94. The van der Waals surface area contributed by atoms with Gasteiger partial charge in [-0.15, -0.1) is 0 Å². The van der Waals surface area contributed by atoms with E-state index >= 15 is 0 Å². The van der Waals surface area contributed by atoms with Crippen LogP contribution in [0.1, 0.15) is 29.7 Å². The van der Waals surface area contributed by atoms with Gasteiger partial charge in [-0.1, -0.05) is 18.2 Å². The smallest absolute Gasteiger partial charge is 0.0991 e. The van der Waals surface area contributed by atoms with E-state index in [1.54, 1.807) is 0 Å². The zero-order valence-corrected chi connectivity index (χ0v) is 15.4. The number of aromatic nitrogens is 2. The Kier molecular flexibility index (Phi) is 4.62. The number of unbranched alkanes of at least 4 members (excludes halogenated alkanes) is 1. The fraction of sp³-hybridized carbons (Fsp3) is 0.217. The van der Waals surface area contributed by atoms with Crippen LogP contribution in [0.4, 0.5) is 0 Å². The number of aromatic amines is 1. The largest absolute Gasteiger partial charge is 0.354 e. The molecule has 0 bridgehead atoms. The molecule has 3 N–H and O–H groups in total. The first-order valence-electron chi connectivity index (χ1n) is 9.33. The molecular weight excluding hydrogens is 332 g/mol. The van der Waals surface area contributed by atoms with E-state index in [1.807, 2.05) is 25.1 Å². The molecular formula is C23H22N4. The van der Waals surface area contributed by atoms with Gasteiger partial charge in [0.05, 0.1) is 22.8 Å². The van der Waals surface area contributed by atoms with Gasteiger partial charge in [-0.3, -0.25) is 4.98 Å². The van der Waals surface area contributed by atoms with Crippen LogP contribution in [-0.4, -0.2) is 16.5 Å². The first-order chi connectivity index (χ1) is 13.2. The molecule has 4 heteroatoms. The SMILES string of the molecule is Cc1ccc2c(-c3[nH]c4ccc(C#N)cc4c3CCCCN)cccc2n1. The molecule has 0 unspecified atom stereocenters. The zero-order chi connectivity index (χ0) is 18.8. The third-order valence-electron chi connectivity index (χ3n) is 5.06. The maximum Gasteiger partial charge on any atom is 0.0991 e. The highest BCUT2D eigenvalue weighted by Gasteiger charge is 2.16. The molecule has 0 amide bonds. The summed E-state index contributed by atoms with van der Waals surface area (Å²) in [4.78, 5) is 8.27. The van der Waals surface area contributed by atoms with Gasteiger partial charge in [-0.05, 0) is 68.6 Å².